The monoisotopic (exact) mass is 702 g/mol. The molecule has 0 N–H and O–H groups in total. The molecule has 0 bridgehead atoms. The topological polar surface area (TPSA) is 21.3 Å². The van der Waals surface area contributed by atoms with Crippen LogP contribution in [0.5, 0.6) is 0 Å². The number of aromatic nitrogens is 1. The number of para-hydroxylation sites is 4. The van der Waals surface area contributed by atoms with E-state index in [1.807, 2.05) is 12.1 Å². The van der Waals surface area contributed by atoms with Crippen LogP contribution in [-0.2, 0) is 0 Å². The Morgan fingerprint density at radius 3 is 1.82 bits per heavy atom. The lowest BCUT2D eigenvalue weighted by atomic mass is 9.98. The fraction of sp³-hybridized carbons (Fsp3) is 0. The first-order valence-electron chi connectivity index (χ1n) is 18.8. The van der Waals surface area contributed by atoms with Gasteiger partial charge in [-0.3, -0.25) is 0 Å². The fourth-order valence-corrected chi connectivity index (χ4v) is 8.38. The first-order valence-corrected chi connectivity index (χ1v) is 18.8. The lowest BCUT2D eigenvalue weighted by molar-refractivity contribution is 0.669. The van der Waals surface area contributed by atoms with Crippen molar-refractivity contribution in [3.63, 3.8) is 0 Å². The Morgan fingerprint density at radius 1 is 0.364 bits per heavy atom. The molecule has 0 spiro atoms. The van der Waals surface area contributed by atoms with Crippen molar-refractivity contribution in [1.29, 1.82) is 0 Å². The minimum Gasteiger partial charge on any atom is -0.456 e. The second-order valence-corrected chi connectivity index (χ2v) is 14.2. The predicted molar refractivity (Wildman–Crippen MR) is 231 cm³/mol. The van der Waals surface area contributed by atoms with Crippen LogP contribution in [0.3, 0.4) is 0 Å². The van der Waals surface area contributed by atoms with Gasteiger partial charge in [0.1, 0.15) is 11.2 Å². The van der Waals surface area contributed by atoms with Gasteiger partial charge >= 0.3 is 0 Å². The number of nitrogens with zero attached hydrogens (tertiary/aromatic N) is 2. The molecule has 0 fully saturated rings. The standard InChI is InChI=1S/C52H34N2O/c1-2-13-36-32-38(25-24-35(36)12-1)37-14-11-15-42(33-37)53(40-27-29-41(30-28-40)54-49-21-8-4-17-44(49)45-18-5-9-22-50(45)54)48-20-7-3-16-43(48)39-26-31-47-46-19-6-10-23-51(46)55-52(47)34-39/h1-34H. The van der Waals surface area contributed by atoms with Gasteiger partial charge in [-0.2, -0.15) is 0 Å². The smallest absolute Gasteiger partial charge is 0.136 e. The summed E-state index contributed by atoms with van der Waals surface area (Å²) in [4.78, 5) is 2.39. The molecule has 11 aromatic rings. The molecule has 0 saturated heterocycles. The molecule has 0 aliphatic rings. The van der Waals surface area contributed by atoms with Crippen molar-refractivity contribution in [1.82, 2.24) is 4.57 Å². The molecule has 2 heterocycles. The SMILES string of the molecule is c1cc(-c2ccc3ccccc3c2)cc(N(c2ccc(-n3c4ccccc4c4ccccc43)cc2)c2ccccc2-c2ccc3c(c2)oc2ccccc23)c1. The normalized spacial score (nSPS) is 11.6. The van der Waals surface area contributed by atoms with Crippen molar-refractivity contribution in [2.45, 2.75) is 0 Å². The second kappa shape index (κ2) is 12.6. The molecular formula is C52H34N2O. The maximum Gasteiger partial charge on any atom is 0.136 e. The van der Waals surface area contributed by atoms with E-state index in [-0.39, 0.29) is 0 Å². The summed E-state index contributed by atoms with van der Waals surface area (Å²) in [6.45, 7) is 0. The predicted octanol–water partition coefficient (Wildman–Crippen LogP) is 14.6. The third kappa shape index (κ3) is 5.20. The zero-order valence-electron chi connectivity index (χ0n) is 29.9. The first kappa shape index (κ1) is 31.2. The van der Waals surface area contributed by atoms with Crippen molar-refractivity contribution < 1.29 is 4.42 Å². The maximum absolute atomic E-state index is 6.37. The van der Waals surface area contributed by atoms with Crippen molar-refractivity contribution in [3.8, 4) is 27.9 Å². The largest absolute Gasteiger partial charge is 0.456 e. The summed E-state index contributed by atoms with van der Waals surface area (Å²) < 4.78 is 8.74. The van der Waals surface area contributed by atoms with Crippen LogP contribution in [0.4, 0.5) is 17.1 Å². The molecule has 0 atom stereocenters. The quantitative estimate of drug-likeness (QED) is 0.172. The number of rotatable bonds is 6. The number of hydrogen-bond donors (Lipinski definition) is 0. The summed E-state index contributed by atoms with van der Waals surface area (Å²) in [5, 5.41) is 7.23. The highest BCUT2D eigenvalue weighted by Crippen LogP contribution is 2.44. The highest BCUT2D eigenvalue weighted by Gasteiger charge is 2.20. The Kier molecular flexibility index (Phi) is 7.17. The minimum absolute atomic E-state index is 0.883. The molecule has 0 amide bonds. The molecule has 0 radical (unpaired) electrons. The van der Waals surface area contributed by atoms with Crippen LogP contribution in [0.1, 0.15) is 0 Å². The molecule has 9 aromatic carbocycles. The van der Waals surface area contributed by atoms with E-state index < -0.39 is 0 Å². The average Bonchev–Trinajstić information content (AvgIpc) is 3.80. The lowest BCUT2D eigenvalue weighted by Crippen LogP contribution is -2.11. The number of anilines is 3. The zero-order chi connectivity index (χ0) is 36.3. The van der Waals surface area contributed by atoms with Crippen LogP contribution in [0.2, 0.25) is 0 Å². The third-order valence-corrected chi connectivity index (χ3v) is 11.0. The maximum atomic E-state index is 6.37. The molecular weight excluding hydrogens is 669 g/mol. The first-order chi connectivity index (χ1) is 27.3. The molecule has 0 saturated carbocycles. The highest BCUT2D eigenvalue weighted by molar-refractivity contribution is 6.09. The van der Waals surface area contributed by atoms with Gasteiger partial charge in [-0.05, 0) is 106 Å². The van der Waals surface area contributed by atoms with Gasteiger partial charge in [-0.15, -0.1) is 0 Å². The van der Waals surface area contributed by atoms with Gasteiger partial charge in [0.25, 0.3) is 0 Å². The lowest BCUT2D eigenvalue weighted by Gasteiger charge is -2.28. The summed E-state index contributed by atoms with van der Waals surface area (Å²) in [6.07, 6.45) is 0. The molecule has 258 valence electrons. The van der Waals surface area contributed by atoms with Crippen molar-refractivity contribution in [2.24, 2.45) is 0 Å². The van der Waals surface area contributed by atoms with Crippen LogP contribution in [0.15, 0.2) is 211 Å². The number of furan rings is 1. The highest BCUT2D eigenvalue weighted by atomic mass is 16.3. The molecule has 11 rings (SSSR count). The van der Waals surface area contributed by atoms with E-state index in [1.165, 1.54) is 38.1 Å². The summed E-state index contributed by atoms with van der Waals surface area (Å²) in [5.74, 6) is 0. The van der Waals surface area contributed by atoms with E-state index in [2.05, 4.69) is 204 Å². The Balaban J connectivity index is 1.09. The summed E-state index contributed by atoms with van der Waals surface area (Å²) in [5.41, 5.74) is 13.1. The Labute approximate surface area is 318 Å². The van der Waals surface area contributed by atoms with Crippen LogP contribution in [-0.4, -0.2) is 4.57 Å². The number of fused-ring (bicyclic) bond motifs is 7. The van der Waals surface area contributed by atoms with Gasteiger partial charge in [-0.1, -0.05) is 127 Å². The van der Waals surface area contributed by atoms with Gasteiger partial charge < -0.3 is 13.9 Å². The van der Waals surface area contributed by atoms with Crippen LogP contribution >= 0.6 is 0 Å². The van der Waals surface area contributed by atoms with E-state index in [1.54, 1.807) is 0 Å². The van der Waals surface area contributed by atoms with Crippen LogP contribution in [0.25, 0.3) is 82.5 Å². The molecule has 55 heavy (non-hydrogen) atoms. The summed E-state index contributed by atoms with van der Waals surface area (Å²) in [6, 6.07) is 74.0. The van der Waals surface area contributed by atoms with Gasteiger partial charge in [0.05, 0.1) is 16.7 Å². The van der Waals surface area contributed by atoms with Crippen molar-refractivity contribution >= 4 is 71.6 Å². The zero-order valence-corrected chi connectivity index (χ0v) is 29.9. The minimum atomic E-state index is 0.883. The fourth-order valence-electron chi connectivity index (χ4n) is 8.38. The van der Waals surface area contributed by atoms with E-state index in [0.717, 1.165) is 61.4 Å². The van der Waals surface area contributed by atoms with Crippen molar-refractivity contribution in [2.75, 3.05) is 4.90 Å². The van der Waals surface area contributed by atoms with Gasteiger partial charge in [0, 0.05) is 44.2 Å². The van der Waals surface area contributed by atoms with Crippen LogP contribution < -0.4 is 4.90 Å². The van der Waals surface area contributed by atoms with E-state index in [0.29, 0.717) is 0 Å². The van der Waals surface area contributed by atoms with E-state index in [9.17, 15) is 0 Å². The Morgan fingerprint density at radius 2 is 1.00 bits per heavy atom. The molecule has 3 nitrogen and oxygen atoms in total. The van der Waals surface area contributed by atoms with Gasteiger partial charge in [0.15, 0.2) is 0 Å². The van der Waals surface area contributed by atoms with Crippen LogP contribution in [0, 0.1) is 0 Å². The van der Waals surface area contributed by atoms with E-state index >= 15 is 0 Å². The van der Waals surface area contributed by atoms with Crippen molar-refractivity contribution in [3.05, 3.63) is 206 Å². The summed E-state index contributed by atoms with van der Waals surface area (Å²) in [7, 11) is 0. The molecule has 0 aliphatic heterocycles. The number of hydrogen-bond acceptors (Lipinski definition) is 2. The average molecular weight is 703 g/mol. The second-order valence-electron chi connectivity index (χ2n) is 14.2. The van der Waals surface area contributed by atoms with Gasteiger partial charge in [-0.25, -0.2) is 0 Å². The third-order valence-electron chi connectivity index (χ3n) is 11.0. The Bertz CT molecular complexity index is 3170. The summed E-state index contributed by atoms with van der Waals surface area (Å²) >= 11 is 0. The molecule has 0 unspecified atom stereocenters. The Hall–Kier alpha value is -7.36. The number of benzene rings is 9. The molecule has 3 heteroatoms. The van der Waals surface area contributed by atoms with Gasteiger partial charge in [0.2, 0.25) is 0 Å². The molecule has 2 aromatic heterocycles. The van der Waals surface area contributed by atoms with E-state index in [4.69, 9.17) is 4.42 Å². The molecule has 0 aliphatic carbocycles.